The Morgan fingerprint density at radius 3 is 2.24 bits per heavy atom. The Morgan fingerprint density at radius 2 is 1.65 bits per heavy atom. The van der Waals surface area contributed by atoms with E-state index in [1.165, 1.54) is 6.07 Å². The van der Waals surface area contributed by atoms with E-state index in [0.29, 0.717) is 6.61 Å². The van der Waals surface area contributed by atoms with E-state index in [-0.39, 0.29) is 5.75 Å². The molecule has 0 unspecified atom stereocenters. The van der Waals surface area contributed by atoms with Crippen LogP contribution in [0.1, 0.15) is 6.92 Å². The highest BCUT2D eigenvalue weighted by Crippen LogP contribution is 2.47. The highest BCUT2D eigenvalue weighted by atomic mass is 19.3. The summed E-state index contributed by atoms with van der Waals surface area (Å²) in [6.45, 7) is 2.01. The molecule has 0 fully saturated rings. The second-order valence-corrected chi connectivity index (χ2v) is 3.28. The first kappa shape index (κ1) is 11.8. The second-order valence-electron chi connectivity index (χ2n) is 3.28. The molecule has 17 heavy (non-hydrogen) atoms. The minimum atomic E-state index is -4.70. The van der Waals surface area contributed by atoms with Gasteiger partial charge >= 0.3 is 12.2 Å². The molecule has 1 aromatic rings. The monoisotopic (exact) mass is 252 g/mol. The quantitative estimate of drug-likeness (QED) is 0.757. The number of benzene rings is 1. The Balaban J connectivity index is 2.36. The van der Waals surface area contributed by atoms with Crippen molar-refractivity contribution in [1.29, 1.82) is 0 Å². The fourth-order valence-electron chi connectivity index (χ4n) is 1.30. The molecule has 1 aliphatic heterocycles. The van der Waals surface area contributed by atoms with Crippen molar-refractivity contribution in [3.63, 3.8) is 0 Å². The molecular formula is C10H8F4O3. The van der Waals surface area contributed by atoms with Crippen LogP contribution in [0.25, 0.3) is 0 Å². The van der Waals surface area contributed by atoms with E-state index in [1.807, 2.05) is 0 Å². The molecule has 0 saturated carbocycles. The molecule has 0 N–H and O–H groups in total. The van der Waals surface area contributed by atoms with Crippen LogP contribution in [0.2, 0.25) is 0 Å². The third-order valence-electron chi connectivity index (χ3n) is 2.04. The molecule has 0 saturated heterocycles. The molecule has 0 spiro atoms. The molecule has 2 rings (SSSR count). The summed E-state index contributed by atoms with van der Waals surface area (Å²) >= 11 is 0. The molecule has 1 aliphatic rings. The van der Waals surface area contributed by atoms with Gasteiger partial charge < -0.3 is 14.2 Å². The minimum absolute atomic E-state index is 0.232. The Labute approximate surface area is 93.9 Å². The van der Waals surface area contributed by atoms with Crippen LogP contribution in [0.3, 0.4) is 0 Å². The molecular weight excluding hydrogens is 244 g/mol. The molecule has 0 aliphatic carbocycles. The number of ether oxygens (including phenoxy) is 3. The second kappa shape index (κ2) is 3.68. The van der Waals surface area contributed by atoms with E-state index in [0.717, 1.165) is 12.1 Å². The number of hydrogen-bond donors (Lipinski definition) is 0. The van der Waals surface area contributed by atoms with E-state index >= 15 is 0 Å². The SMILES string of the molecule is CCOc1ccc2c(c1)OC(F)(F)C(F)(F)O2. The van der Waals surface area contributed by atoms with Crippen LogP contribution in [0, 0.1) is 0 Å². The number of halogens is 4. The van der Waals surface area contributed by atoms with Gasteiger partial charge in [0.25, 0.3) is 0 Å². The van der Waals surface area contributed by atoms with Gasteiger partial charge in [-0.3, -0.25) is 0 Å². The van der Waals surface area contributed by atoms with Crippen LogP contribution in [0.4, 0.5) is 17.6 Å². The standard InChI is InChI=1S/C10H8F4O3/c1-2-15-6-3-4-7-8(5-6)17-10(13,14)9(11,12)16-7/h3-5H,2H2,1H3. The fourth-order valence-corrected chi connectivity index (χ4v) is 1.30. The Morgan fingerprint density at radius 1 is 1.06 bits per heavy atom. The van der Waals surface area contributed by atoms with Crippen LogP contribution in [-0.4, -0.2) is 18.8 Å². The maximum absolute atomic E-state index is 12.8. The molecule has 0 atom stereocenters. The van der Waals surface area contributed by atoms with E-state index in [9.17, 15) is 17.6 Å². The van der Waals surface area contributed by atoms with Crippen LogP contribution in [0.15, 0.2) is 18.2 Å². The lowest BCUT2D eigenvalue weighted by Gasteiger charge is -2.31. The van der Waals surface area contributed by atoms with Gasteiger partial charge in [-0.05, 0) is 19.1 Å². The molecule has 0 aromatic heterocycles. The molecule has 0 radical (unpaired) electrons. The van der Waals surface area contributed by atoms with Crippen molar-refractivity contribution in [1.82, 2.24) is 0 Å². The lowest BCUT2D eigenvalue weighted by atomic mass is 10.2. The van der Waals surface area contributed by atoms with Crippen LogP contribution >= 0.6 is 0 Å². The minimum Gasteiger partial charge on any atom is -0.494 e. The van der Waals surface area contributed by atoms with E-state index in [2.05, 4.69) is 9.47 Å². The van der Waals surface area contributed by atoms with E-state index < -0.39 is 23.7 Å². The third-order valence-corrected chi connectivity index (χ3v) is 2.04. The summed E-state index contributed by atoms with van der Waals surface area (Å²) in [5.41, 5.74) is 0. The molecule has 7 heteroatoms. The summed E-state index contributed by atoms with van der Waals surface area (Å²) in [5.74, 6) is -0.702. The Kier molecular flexibility index (Phi) is 2.56. The number of fused-ring (bicyclic) bond motifs is 1. The third kappa shape index (κ3) is 1.96. The zero-order chi connectivity index (χ0) is 12.7. The summed E-state index contributed by atoms with van der Waals surface area (Å²) in [7, 11) is 0. The van der Waals surface area contributed by atoms with Crippen molar-refractivity contribution in [3.05, 3.63) is 18.2 Å². The highest BCUT2D eigenvalue weighted by Gasteiger charge is 2.65. The first-order valence-corrected chi connectivity index (χ1v) is 4.76. The Bertz CT molecular complexity index is 434. The molecule has 3 nitrogen and oxygen atoms in total. The van der Waals surface area contributed by atoms with Gasteiger partial charge in [-0.15, -0.1) is 0 Å². The van der Waals surface area contributed by atoms with Crippen molar-refractivity contribution in [2.24, 2.45) is 0 Å². The normalized spacial score (nSPS) is 19.8. The summed E-state index contributed by atoms with van der Waals surface area (Å²) in [6.07, 6.45) is -9.39. The van der Waals surface area contributed by atoms with Crippen LogP contribution < -0.4 is 14.2 Å². The smallest absolute Gasteiger partial charge is 0.494 e. The average molecular weight is 252 g/mol. The van der Waals surface area contributed by atoms with Crippen LogP contribution in [-0.2, 0) is 0 Å². The van der Waals surface area contributed by atoms with Gasteiger partial charge in [0, 0.05) is 6.07 Å². The lowest BCUT2D eigenvalue weighted by molar-refractivity contribution is -0.391. The van der Waals surface area contributed by atoms with Crippen molar-refractivity contribution >= 4 is 0 Å². The predicted octanol–water partition coefficient (Wildman–Crippen LogP) is 3.04. The average Bonchev–Trinajstić information content (AvgIpc) is 2.20. The van der Waals surface area contributed by atoms with Gasteiger partial charge in [0.2, 0.25) is 0 Å². The van der Waals surface area contributed by atoms with E-state index in [1.54, 1.807) is 6.92 Å². The van der Waals surface area contributed by atoms with Gasteiger partial charge in [-0.2, -0.15) is 17.6 Å². The molecule has 94 valence electrons. The van der Waals surface area contributed by atoms with Gasteiger partial charge in [-0.1, -0.05) is 0 Å². The topological polar surface area (TPSA) is 27.7 Å². The van der Waals surface area contributed by atoms with Crippen molar-refractivity contribution < 1.29 is 31.8 Å². The summed E-state index contributed by atoms with van der Waals surface area (Å²) < 4.78 is 64.1. The van der Waals surface area contributed by atoms with Crippen molar-refractivity contribution in [2.45, 2.75) is 19.1 Å². The van der Waals surface area contributed by atoms with Gasteiger partial charge in [0.05, 0.1) is 6.61 Å². The predicted molar refractivity (Wildman–Crippen MR) is 48.8 cm³/mol. The van der Waals surface area contributed by atoms with Crippen molar-refractivity contribution in [3.8, 4) is 17.2 Å². The fraction of sp³-hybridized carbons (Fsp3) is 0.400. The van der Waals surface area contributed by atoms with Crippen LogP contribution in [0.5, 0.6) is 17.2 Å². The zero-order valence-electron chi connectivity index (χ0n) is 8.68. The highest BCUT2D eigenvalue weighted by molar-refractivity contribution is 5.47. The Hall–Kier alpha value is -1.66. The maximum atomic E-state index is 12.8. The zero-order valence-corrected chi connectivity index (χ0v) is 8.68. The molecule has 1 heterocycles. The van der Waals surface area contributed by atoms with Gasteiger partial charge in [0.1, 0.15) is 5.75 Å². The largest absolute Gasteiger partial charge is 0.507 e. The molecule has 0 amide bonds. The number of rotatable bonds is 2. The first-order chi connectivity index (χ1) is 7.86. The number of hydrogen-bond acceptors (Lipinski definition) is 3. The maximum Gasteiger partial charge on any atom is 0.507 e. The van der Waals surface area contributed by atoms with Crippen molar-refractivity contribution in [2.75, 3.05) is 6.61 Å². The summed E-state index contributed by atoms with van der Waals surface area (Å²) in [4.78, 5) is 0. The summed E-state index contributed by atoms with van der Waals surface area (Å²) in [6, 6.07) is 3.48. The first-order valence-electron chi connectivity index (χ1n) is 4.76. The molecule has 1 aromatic carbocycles. The van der Waals surface area contributed by atoms with E-state index in [4.69, 9.17) is 4.74 Å². The van der Waals surface area contributed by atoms with Gasteiger partial charge in [0.15, 0.2) is 11.5 Å². The molecule has 0 bridgehead atoms. The lowest BCUT2D eigenvalue weighted by Crippen LogP contribution is -2.52. The number of alkyl halides is 4. The summed E-state index contributed by atoms with van der Waals surface area (Å²) in [5, 5.41) is 0. The van der Waals surface area contributed by atoms with Gasteiger partial charge in [-0.25, -0.2) is 0 Å².